The number of amides is 2. The van der Waals surface area contributed by atoms with Gasteiger partial charge in [0.1, 0.15) is 6.04 Å². The molecule has 2 amide bonds. The highest BCUT2D eigenvalue weighted by molar-refractivity contribution is 7.98. The van der Waals surface area contributed by atoms with Gasteiger partial charge in [-0.15, -0.1) is 0 Å². The van der Waals surface area contributed by atoms with Crippen molar-refractivity contribution in [3.05, 3.63) is 35.4 Å². The molecule has 0 aromatic heterocycles. The van der Waals surface area contributed by atoms with E-state index in [-0.39, 0.29) is 6.03 Å². The molecule has 0 saturated heterocycles. The Morgan fingerprint density at radius 2 is 2.10 bits per heavy atom. The van der Waals surface area contributed by atoms with Gasteiger partial charge in [0, 0.05) is 13.1 Å². The minimum Gasteiger partial charge on any atom is -0.480 e. The number of carboxylic acids is 1. The molecule has 0 bridgehead atoms. The van der Waals surface area contributed by atoms with Crippen LogP contribution in [0.25, 0.3) is 0 Å². The Kier molecular flexibility index (Phi) is 5.50. The van der Waals surface area contributed by atoms with Gasteiger partial charge < -0.3 is 15.3 Å². The van der Waals surface area contributed by atoms with E-state index in [1.165, 1.54) is 5.56 Å². The Balaban J connectivity index is 1.96. The Morgan fingerprint density at radius 3 is 2.76 bits per heavy atom. The van der Waals surface area contributed by atoms with Crippen molar-refractivity contribution in [2.24, 2.45) is 0 Å². The molecule has 0 unspecified atom stereocenters. The summed E-state index contributed by atoms with van der Waals surface area (Å²) in [4.78, 5) is 25.1. The van der Waals surface area contributed by atoms with Crippen LogP contribution in [0.1, 0.15) is 17.5 Å². The van der Waals surface area contributed by atoms with Crippen LogP contribution in [0.5, 0.6) is 0 Å². The van der Waals surface area contributed by atoms with Crippen molar-refractivity contribution in [1.29, 1.82) is 0 Å². The number of carboxylic acid groups (broad SMARTS) is 1. The third kappa shape index (κ3) is 4.14. The van der Waals surface area contributed by atoms with Gasteiger partial charge in [0.05, 0.1) is 0 Å². The standard InChI is InChI=1S/C15H20N2O3S/c1-21-9-7-13(14(18)19)16-15(20)17-8-6-11-4-2-3-5-12(11)10-17/h2-5,13H,6-10H2,1H3,(H,16,20)(H,18,19)/t13-/m0/s1. The van der Waals surface area contributed by atoms with E-state index < -0.39 is 12.0 Å². The molecule has 0 radical (unpaired) electrons. The molecule has 0 spiro atoms. The first-order valence-electron chi connectivity index (χ1n) is 6.95. The fourth-order valence-corrected chi connectivity index (χ4v) is 2.87. The molecule has 6 heteroatoms. The number of thioether (sulfide) groups is 1. The van der Waals surface area contributed by atoms with Crippen LogP contribution in [0, 0.1) is 0 Å². The van der Waals surface area contributed by atoms with Gasteiger partial charge in [0.2, 0.25) is 0 Å². The highest BCUT2D eigenvalue weighted by Crippen LogP contribution is 2.18. The predicted octanol–water partition coefficient (Wildman–Crippen LogP) is 1.96. The molecule has 1 heterocycles. The van der Waals surface area contributed by atoms with Crippen molar-refractivity contribution in [3.63, 3.8) is 0 Å². The normalized spacial score (nSPS) is 15.2. The lowest BCUT2D eigenvalue weighted by atomic mass is 10.0. The summed E-state index contributed by atoms with van der Waals surface area (Å²) in [5.41, 5.74) is 2.40. The fourth-order valence-electron chi connectivity index (χ4n) is 2.40. The number of benzene rings is 1. The summed E-state index contributed by atoms with van der Waals surface area (Å²) in [7, 11) is 0. The molecule has 1 aromatic carbocycles. The van der Waals surface area contributed by atoms with Crippen molar-refractivity contribution in [3.8, 4) is 0 Å². The number of carbonyl (C=O) groups is 2. The Labute approximate surface area is 128 Å². The van der Waals surface area contributed by atoms with Crippen LogP contribution >= 0.6 is 11.8 Å². The highest BCUT2D eigenvalue weighted by Gasteiger charge is 2.25. The second kappa shape index (κ2) is 7.36. The number of carbonyl (C=O) groups excluding carboxylic acids is 1. The molecule has 2 N–H and O–H groups in total. The zero-order chi connectivity index (χ0) is 15.2. The van der Waals surface area contributed by atoms with Gasteiger partial charge in [-0.1, -0.05) is 24.3 Å². The van der Waals surface area contributed by atoms with Crippen LogP contribution in [-0.4, -0.2) is 46.6 Å². The number of nitrogens with one attached hydrogen (secondary N) is 1. The molecule has 0 aliphatic carbocycles. The fraction of sp³-hybridized carbons (Fsp3) is 0.467. The summed E-state index contributed by atoms with van der Waals surface area (Å²) in [5, 5.41) is 11.8. The van der Waals surface area contributed by atoms with Crippen LogP contribution in [0.3, 0.4) is 0 Å². The van der Waals surface area contributed by atoms with E-state index in [1.807, 2.05) is 24.5 Å². The lowest BCUT2D eigenvalue weighted by molar-refractivity contribution is -0.139. The first-order valence-corrected chi connectivity index (χ1v) is 8.35. The van der Waals surface area contributed by atoms with Crippen molar-refractivity contribution in [2.75, 3.05) is 18.6 Å². The first kappa shape index (κ1) is 15.7. The summed E-state index contributed by atoms with van der Waals surface area (Å²) in [6.45, 7) is 1.16. The lowest BCUT2D eigenvalue weighted by Crippen LogP contribution is -2.49. The molecule has 1 aromatic rings. The number of aliphatic carboxylic acids is 1. The second-order valence-corrected chi connectivity index (χ2v) is 6.05. The van der Waals surface area contributed by atoms with Crippen LogP contribution in [0.2, 0.25) is 0 Å². The maximum absolute atomic E-state index is 12.2. The van der Waals surface area contributed by atoms with E-state index in [9.17, 15) is 9.59 Å². The van der Waals surface area contributed by atoms with Gasteiger partial charge in [0.25, 0.3) is 0 Å². The largest absolute Gasteiger partial charge is 0.480 e. The van der Waals surface area contributed by atoms with E-state index in [2.05, 4.69) is 11.4 Å². The lowest BCUT2D eigenvalue weighted by Gasteiger charge is -2.30. The smallest absolute Gasteiger partial charge is 0.326 e. The van der Waals surface area contributed by atoms with Crippen molar-refractivity contribution >= 4 is 23.8 Å². The summed E-state index contributed by atoms with van der Waals surface area (Å²) in [6.07, 6.45) is 3.17. The second-order valence-electron chi connectivity index (χ2n) is 5.06. The van der Waals surface area contributed by atoms with E-state index >= 15 is 0 Å². The molecular formula is C15H20N2O3S. The van der Waals surface area contributed by atoms with Crippen molar-refractivity contribution in [2.45, 2.75) is 25.4 Å². The zero-order valence-corrected chi connectivity index (χ0v) is 12.9. The van der Waals surface area contributed by atoms with E-state index in [4.69, 9.17) is 5.11 Å². The van der Waals surface area contributed by atoms with Crippen LogP contribution < -0.4 is 5.32 Å². The molecule has 5 nitrogen and oxygen atoms in total. The van der Waals surface area contributed by atoms with E-state index in [0.717, 1.165) is 12.0 Å². The topological polar surface area (TPSA) is 69.6 Å². The number of urea groups is 1. The third-order valence-electron chi connectivity index (χ3n) is 3.62. The number of hydrogen-bond donors (Lipinski definition) is 2. The summed E-state index contributed by atoms with van der Waals surface area (Å²) >= 11 is 1.57. The SMILES string of the molecule is CSCC[C@H](NC(=O)N1CCc2ccccc2C1)C(=O)O. The monoisotopic (exact) mass is 308 g/mol. The number of nitrogens with zero attached hydrogens (tertiary/aromatic N) is 1. The molecule has 114 valence electrons. The summed E-state index contributed by atoms with van der Waals surface area (Å²) in [5.74, 6) is -0.269. The van der Waals surface area contributed by atoms with Crippen molar-refractivity contribution < 1.29 is 14.7 Å². The van der Waals surface area contributed by atoms with Crippen molar-refractivity contribution in [1.82, 2.24) is 10.2 Å². The third-order valence-corrected chi connectivity index (χ3v) is 4.27. The molecule has 0 fully saturated rings. The molecule has 2 rings (SSSR count). The maximum atomic E-state index is 12.2. The van der Waals surface area contributed by atoms with Gasteiger partial charge in [-0.3, -0.25) is 0 Å². The first-order chi connectivity index (χ1) is 10.1. The Hall–Kier alpha value is -1.69. The number of fused-ring (bicyclic) bond motifs is 1. The van der Waals surface area contributed by atoms with E-state index in [1.54, 1.807) is 16.7 Å². The molecule has 21 heavy (non-hydrogen) atoms. The zero-order valence-electron chi connectivity index (χ0n) is 12.0. The predicted molar refractivity (Wildman–Crippen MR) is 83.5 cm³/mol. The van der Waals surface area contributed by atoms with Crippen LogP contribution in [0.4, 0.5) is 4.79 Å². The molecule has 1 aliphatic rings. The van der Waals surface area contributed by atoms with Crippen LogP contribution in [-0.2, 0) is 17.8 Å². The minimum atomic E-state index is -0.977. The molecular weight excluding hydrogens is 288 g/mol. The Bertz CT molecular complexity index is 521. The average Bonchev–Trinajstić information content (AvgIpc) is 2.50. The van der Waals surface area contributed by atoms with Gasteiger partial charge in [-0.2, -0.15) is 11.8 Å². The quantitative estimate of drug-likeness (QED) is 0.872. The van der Waals surface area contributed by atoms with Gasteiger partial charge >= 0.3 is 12.0 Å². The number of hydrogen-bond acceptors (Lipinski definition) is 3. The minimum absolute atomic E-state index is 0.294. The summed E-state index contributed by atoms with van der Waals surface area (Å²) < 4.78 is 0. The average molecular weight is 308 g/mol. The highest BCUT2D eigenvalue weighted by atomic mass is 32.2. The van der Waals surface area contributed by atoms with E-state index in [0.29, 0.717) is 25.3 Å². The van der Waals surface area contributed by atoms with Gasteiger partial charge in [-0.05, 0) is 36.0 Å². The summed E-state index contributed by atoms with van der Waals surface area (Å²) in [6, 6.07) is 6.93. The van der Waals surface area contributed by atoms with Gasteiger partial charge in [0.15, 0.2) is 0 Å². The maximum Gasteiger partial charge on any atom is 0.326 e. The molecule has 0 saturated carbocycles. The van der Waals surface area contributed by atoms with Crippen LogP contribution in [0.15, 0.2) is 24.3 Å². The Morgan fingerprint density at radius 1 is 1.38 bits per heavy atom. The molecule has 1 atom stereocenters. The molecule has 1 aliphatic heterocycles. The van der Waals surface area contributed by atoms with Gasteiger partial charge in [-0.25, -0.2) is 9.59 Å². The number of rotatable bonds is 5.